The van der Waals surface area contributed by atoms with Gasteiger partial charge in [0.15, 0.2) is 10.8 Å². The summed E-state index contributed by atoms with van der Waals surface area (Å²) in [5.41, 5.74) is 9.34. The van der Waals surface area contributed by atoms with E-state index in [-0.39, 0.29) is 11.8 Å². The molecule has 0 atom stereocenters. The van der Waals surface area contributed by atoms with Crippen molar-refractivity contribution in [2.45, 2.75) is 29.6 Å². The Bertz CT molecular complexity index is 1590. The van der Waals surface area contributed by atoms with E-state index in [9.17, 15) is 4.79 Å². The monoisotopic (exact) mass is 591 g/mol. The Morgan fingerprint density at radius 1 is 1.05 bits per heavy atom. The third-order valence-corrected chi connectivity index (χ3v) is 7.89. The van der Waals surface area contributed by atoms with Crippen molar-refractivity contribution in [2.24, 2.45) is 0 Å². The number of fused-ring (bicyclic) bond motifs is 1. The molecular weight excluding hydrogens is 570 g/mol. The summed E-state index contributed by atoms with van der Waals surface area (Å²) >= 11 is 6.28. The second-order valence-electron chi connectivity index (χ2n) is 8.41. The molecule has 0 aliphatic carbocycles. The Morgan fingerprint density at radius 2 is 1.86 bits per heavy atom. The van der Waals surface area contributed by atoms with Gasteiger partial charge < -0.3 is 11.1 Å². The Kier molecular flexibility index (Phi) is 7.36. The fourth-order valence-corrected chi connectivity index (χ4v) is 5.49. The lowest BCUT2D eigenvalue weighted by molar-refractivity contribution is 0.102. The summed E-state index contributed by atoms with van der Waals surface area (Å²) in [4.78, 5) is 32.7. The molecule has 0 spiro atoms. The summed E-state index contributed by atoms with van der Waals surface area (Å²) in [6.45, 7) is 4.19. The lowest BCUT2D eigenvalue weighted by Crippen LogP contribution is -2.12. The molecule has 0 bridgehead atoms. The molecule has 11 heteroatoms. The summed E-state index contributed by atoms with van der Waals surface area (Å²) in [6, 6.07) is 17.1. The topological polar surface area (TPSA) is 119 Å². The molecule has 0 saturated carbocycles. The van der Waals surface area contributed by atoms with E-state index in [1.54, 1.807) is 24.0 Å². The normalized spacial score (nSPS) is 11.1. The van der Waals surface area contributed by atoms with E-state index in [1.165, 1.54) is 17.7 Å². The third-order valence-electron chi connectivity index (χ3n) is 5.41. The fourth-order valence-electron chi connectivity index (χ4n) is 3.51. The van der Waals surface area contributed by atoms with Gasteiger partial charge in [0.05, 0.1) is 21.1 Å². The number of carbonyl (C=O) groups excluding carboxylic acids is 1. The van der Waals surface area contributed by atoms with E-state index < -0.39 is 0 Å². The Labute approximate surface area is 230 Å². The molecular formula is C26H22BrN7OS2. The predicted molar refractivity (Wildman–Crippen MR) is 154 cm³/mol. The summed E-state index contributed by atoms with van der Waals surface area (Å²) in [5.74, 6) is 0.630. The molecule has 0 aliphatic heterocycles. The van der Waals surface area contributed by atoms with Crippen LogP contribution >= 0.6 is 39.0 Å². The highest BCUT2D eigenvalue weighted by molar-refractivity contribution is 9.11. The van der Waals surface area contributed by atoms with Gasteiger partial charge >= 0.3 is 0 Å². The number of nitrogen functional groups attached to an aromatic ring is 1. The molecule has 0 saturated heterocycles. The van der Waals surface area contributed by atoms with Gasteiger partial charge in [-0.05, 0) is 76.4 Å². The minimum Gasteiger partial charge on any atom is -0.399 e. The van der Waals surface area contributed by atoms with Crippen LogP contribution in [0, 0.1) is 0 Å². The van der Waals surface area contributed by atoms with Gasteiger partial charge in [-0.15, -0.1) is 0 Å². The molecule has 5 aromatic rings. The summed E-state index contributed by atoms with van der Waals surface area (Å²) in [6.07, 6.45) is 3.14. The first kappa shape index (κ1) is 25.1. The van der Waals surface area contributed by atoms with E-state index in [0.29, 0.717) is 27.8 Å². The number of rotatable bonds is 7. The number of pyridine rings is 1. The number of aromatic nitrogens is 4. The van der Waals surface area contributed by atoms with Crippen LogP contribution in [-0.2, 0) is 0 Å². The average Bonchev–Trinajstić information content (AvgIpc) is 3.30. The van der Waals surface area contributed by atoms with Crippen molar-refractivity contribution in [3.63, 3.8) is 0 Å². The van der Waals surface area contributed by atoms with Gasteiger partial charge in [-0.1, -0.05) is 36.9 Å². The average molecular weight is 593 g/mol. The highest BCUT2D eigenvalue weighted by atomic mass is 79.9. The van der Waals surface area contributed by atoms with Gasteiger partial charge in [0, 0.05) is 26.7 Å². The van der Waals surface area contributed by atoms with E-state index in [4.69, 9.17) is 5.73 Å². The highest BCUT2D eigenvalue weighted by Crippen LogP contribution is 2.37. The minimum absolute atomic E-state index is 0.260. The minimum atomic E-state index is -0.260. The Balaban J connectivity index is 1.52. The number of benzene rings is 2. The van der Waals surface area contributed by atoms with Crippen LogP contribution in [0.4, 0.5) is 22.3 Å². The van der Waals surface area contributed by atoms with Gasteiger partial charge in [-0.3, -0.25) is 10.1 Å². The first-order valence-corrected chi connectivity index (χ1v) is 13.8. The SMILES string of the molecule is CC(C)c1ccc2c(Nc3cc(C(=O)Nc4ncc(Br)s4)ccc3Sc3ccc(N)cc3)ncnc2n1. The van der Waals surface area contributed by atoms with Crippen LogP contribution in [0.1, 0.15) is 35.8 Å². The highest BCUT2D eigenvalue weighted by Gasteiger charge is 2.15. The number of amides is 1. The van der Waals surface area contributed by atoms with Crippen LogP contribution in [0.3, 0.4) is 0 Å². The molecule has 1 amide bonds. The van der Waals surface area contributed by atoms with Gasteiger partial charge in [0.2, 0.25) is 0 Å². The quantitative estimate of drug-likeness (QED) is 0.171. The molecule has 0 fully saturated rings. The number of carbonyl (C=O) groups is 1. The molecule has 3 heterocycles. The van der Waals surface area contributed by atoms with Gasteiger partial charge in [-0.2, -0.15) is 0 Å². The second kappa shape index (κ2) is 10.8. The van der Waals surface area contributed by atoms with Crippen molar-refractivity contribution in [2.75, 3.05) is 16.4 Å². The number of nitrogens with one attached hydrogen (secondary N) is 2. The summed E-state index contributed by atoms with van der Waals surface area (Å²) < 4.78 is 0.838. The standard InChI is InChI=1S/C26H22BrN7OS2/c1-14(2)19-9-8-18-23(32-19)30-13-31-24(18)33-20-11-15(25(35)34-26-29-12-22(27)37-26)3-10-21(20)36-17-6-4-16(28)5-7-17/h3-14H,28H2,1-2H3,(H,29,34,35)(H,30,31,32,33). The van der Waals surface area contributed by atoms with Crippen molar-refractivity contribution in [3.8, 4) is 0 Å². The Morgan fingerprint density at radius 3 is 2.59 bits per heavy atom. The number of halogens is 1. The lowest BCUT2D eigenvalue weighted by Gasteiger charge is -2.15. The molecule has 0 unspecified atom stereocenters. The number of nitrogens with zero attached hydrogens (tertiary/aromatic N) is 4. The lowest BCUT2D eigenvalue weighted by atomic mass is 10.1. The maximum absolute atomic E-state index is 13.0. The van der Waals surface area contributed by atoms with Gasteiger partial charge in [-0.25, -0.2) is 19.9 Å². The molecule has 0 radical (unpaired) electrons. The molecule has 37 heavy (non-hydrogen) atoms. The van der Waals surface area contributed by atoms with Crippen LogP contribution in [-0.4, -0.2) is 25.8 Å². The zero-order chi connectivity index (χ0) is 25.9. The van der Waals surface area contributed by atoms with Crippen LogP contribution in [0.5, 0.6) is 0 Å². The van der Waals surface area contributed by atoms with Crippen molar-refractivity contribution < 1.29 is 4.79 Å². The third kappa shape index (κ3) is 5.90. The van der Waals surface area contributed by atoms with Crippen molar-refractivity contribution in [1.82, 2.24) is 19.9 Å². The summed E-state index contributed by atoms with van der Waals surface area (Å²) in [5, 5.41) is 7.57. The largest absolute Gasteiger partial charge is 0.399 e. The van der Waals surface area contributed by atoms with Crippen LogP contribution in [0.15, 0.2) is 80.7 Å². The van der Waals surface area contributed by atoms with E-state index >= 15 is 0 Å². The van der Waals surface area contributed by atoms with Gasteiger partial charge in [0.1, 0.15) is 12.1 Å². The first-order valence-electron chi connectivity index (χ1n) is 11.3. The van der Waals surface area contributed by atoms with Crippen LogP contribution in [0.2, 0.25) is 0 Å². The maximum Gasteiger partial charge on any atom is 0.257 e. The van der Waals surface area contributed by atoms with Crippen LogP contribution in [0.25, 0.3) is 11.0 Å². The summed E-state index contributed by atoms with van der Waals surface area (Å²) in [7, 11) is 0. The van der Waals surface area contributed by atoms with Crippen molar-refractivity contribution >= 4 is 78.3 Å². The van der Waals surface area contributed by atoms with Crippen molar-refractivity contribution in [1.29, 1.82) is 0 Å². The van der Waals surface area contributed by atoms with Gasteiger partial charge in [0.25, 0.3) is 5.91 Å². The number of nitrogens with two attached hydrogens (primary N) is 1. The maximum atomic E-state index is 13.0. The van der Waals surface area contributed by atoms with E-state index in [2.05, 4.69) is 60.3 Å². The molecule has 5 rings (SSSR count). The second-order valence-corrected chi connectivity index (χ2v) is 11.9. The molecule has 0 aliphatic rings. The number of hydrogen-bond acceptors (Lipinski definition) is 9. The van der Waals surface area contributed by atoms with E-state index in [0.717, 1.165) is 30.3 Å². The van der Waals surface area contributed by atoms with Crippen molar-refractivity contribution in [3.05, 3.63) is 82.2 Å². The number of anilines is 4. The molecule has 4 N–H and O–H groups in total. The molecule has 2 aromatic carbocycles. The smallest absolute Gasteiger partial charge is 0.257 e. The predicted octanol–water partition coefficient (Wildman–Crippen LogP) is 7.10. The molecule has 8 nitrogen and oxygen atoms in total. The number of thiazole rings is 1. The zero-order valence-electron chi connectivity index (χ0n) is 19.9. The van der Waals surface area contributed by atoms with Crippen LogP contribution < -0.4 is 16.4 Å². The number of hydrogen-bond donors (Lipinski definition) is 3. The first-order chi connectivity index (χ1) is 17.9. The van der Waals surface area contributed by atoms with E-state index in [1.807, 2.05) is 48.5 Å². The molecule has 3 aromatic heterocycles. The fraction of sp³-hybridized carbons (Fsp3) is 0.115. The Hall–Kier alpha value is -3.54. The zero-order valence-corrected chi connectivity index (χ0v) is 23.1. The molecule has 186 valence electrons.